The van der Waals surface area contributed by atoms with Gasteiger partial charge in [0, 0.05) is 11.7 Å². The topological polar surface area (TPSA) is 92.4 Å². The fourth-order valence-corrected chi connectivity index (χ4v) is 4.33. The molecule has 0 aliphatic carbocycles. The molecule has 21 heavy (non-hydrogen) atoms. The van der Waals surface area contributed by atoms with E-state index in [-0.39, 0.29) is 17.4 Å². The third kappa shape index (κ3) is 4.18. The van der Waals surface area contributed by atoms with Crippen LogP contribution in [-0.2, 0) is 10.0 Å². The van der Waals surface area contributed by atoms with Gasteiger partial charge in [-0.05, 0) is 49.8 Å². The van der Waals surface area contributed by atoms with Crippen molar-refractivity contribution in [2.45, 2.75) is 52.0 Å². The first-order valence-corrected chi connectivity index (χ1v) is 8.58. The summed E-state index contributed by atoms with van der Waals surface area (Å²) in [5, 5.41) is 9.37. The third-order valence-electron chi connectivity index (χ3n) is 3.53. The van der Waals surface area contributed by atoms with E-state index in [1.165, 1.54) is 0 Å². The van der Waals surface area contributed by atoms with Crippen LogP contribution >= 0.6 is 0 Å². The van der Waals surface area contributed by atoms with Crippen molar-refractivity contribution in [3.63, 3.8) is 0 Å². The van der Waals surface area contributed by atoms with Gasteiger partial charge in [-0.25, -0.2) is 13.1 Å². The molecule has 0 aliphatic heterocycles. The summed E-state index contributed by atoms with van der Waals surface area (Å²) in [5.74, 6) is 0.287. The van der Waals surface area contributed by atoms with Crippen LogP contribution < -0.4 is 10.5 Å². The monoisotopic (exact) mass is 314 g/mol. The van der Waals surface area contributed by atoms with Gasteiger partial charge in [0.25, 0.3) is 0 Å². The van der Waals surface area contributed by atoms with E-state index in [9.17, 15) is 13.5 Å². The van der Waals surface area contributed by atoms with Crippen molar-refractivity contribution in [1.82, 2.24) is 4.72 Å². The fraction of sp³-hybridized carbons (Fsp3) is 0.600. The highest BCUT2D eigenvalue weighted by atomic mass is 32.2. The number of aliphatic hydroxyl groups is 1. The lowest BCUT2D eigenvalue weighted by molar-refractivity contribution is 0.240. The number of rotatable bonds is 6. The summed E-state index contributed by atoms with van der Waals surface area (Å²) in [7, 11) is -3.71. The summed E-state index contributed by atoms with van der Waals surface area (Å²) in [6.45, 7) is 9.06. The van der Waals surface area contributed by atoms with Crippen LogP contribution in [0.4, 0.5) is 5.69 Å². The second-order valence-corrected chi connectivity index (χ2v) is 7.66. The molecule has 5 nitrogen and oxygen atoms in total. The van der Waals surface area contributed by atoms with Crippen molar-refractivity contribution >= 4 is 15.7 Å². The molecule has 1 rings (SSSR count). The molecule has 1 aromatic rings. The summed E-state index contributed by atoms with van der Waals surface area (Å²) >= 11 is 0. The molecule has 0 aliphatic rings. The molecular weight excluding hydrogens is 288 g/mol. The molecule has 0 spiro atoms. The zero-order valence-corrected chi connectivity index (χ0v) is 14.2. The smallest absolute Gasteiger partial charge is 0.241 e. The van der Waals surface area contributed by atoms with Gasteiger partial charge in [0.15, 0.2) is 0 Å². The van der Waals surface area contributed by atoms with Gasteiger partial charge in [-0.3, -0.25) is 0 Å². The Kier molecular flexibility index (Phi) is 5.78. The quantitative estimate of drug-likeness (QED) is 0.699. The zero-order chi connectivity index (χ0) is 16.4. The molecule has 0 amide bonds. The van der Waals surface area contributed by atoms with Gasteiger partial charge in [-0.1, -0.05) is 19.9 Å². The highest BCUT2D eigenvalue weighted by Crippen LogP contribution is 2.28. The van der Waals surface area contributed by atoms with Crippen LogP contribution in [0.15, 0.2) is 11.0 Å². The molecule has 1 aromatic carbocycles. The van der Waals surface area contributed by atoms with Crippen molar-refractivity contribution in [2.75, 3.05) is 12.3 Å². The molecule has 0 aromatic heterocycles. The molecule has 1 unspecified atom stereocenters. The minimum atomic E-state index is -3.71. The molecule has 0 bridgehead atoms. The molecule has 4 N–H and O–H groups in total. The number of nitrogen functional groups attached to an aromatic ring is 1. The molecule has 1 atom stereocenters. The average Bonchev–Trinajstić information content (AvgIpc) is 2.33. The number of aliphatic hydroxyl groups excluding tert-OH is 1. The van der Waals surface area contributed by atoms with E-state index in [4.69, 9.17) is 5.73 Å². The van der Waals surface area contributed by atoms with Crippen LogP contribution in [0.3, 0.4) is 0 Å². The third-order valence-corrected chi connectivity index (χ3v) is 5.34. The lowest BCUT2D eigenvalue weighted by Crippen LogP contribution is -2.39. The number of benzene rings is 1. The lowest BCUT2D eigenvalue weighted by Gasteiger charge is -2.21. The van der Waals surface area contributed by atoms with E-state index in [0.29, 0.717) is 23.2 Å². The predicted molar refractivity (Wildman–Crippen MR) is 85.7 cm³/mol. The van der Waals surface area contributed by atoms with Gasteiger partial charge in [0.05, 0.1) is 11.5 Å². The number of nitrogens with one attached hydrogen (secondary N) is 1. The first-order chi connectivity index (χ1) is 9.60. The van der Waals surface area contributed by atoms with Crippen LogP contribution in [-0.4, -0.2) is 26.2 Å². The first-order valence-electron chi connectivity index (χ1n) is 7.09. The van der Waals surface area contributed by atoms with Crippen LogP contribution in [0.1, 0.15) is 37.0 Å². The van der Waals surface area contributed by atoms with E-state index in [0.717, 1.165) is 5.56 Å². The van der Waals surface area contributed by atoms with Gasteiger partial charge in [0.2, 0.25) is 10.0 Å². The molecule has 0 fully saturated rings. The molecular formula is C15H26N2O3S. The SMILES string of the molecule is Cc1cc(C)c(S(=O)(=O)NC(CO)CC(C)C)c(C)c1N. The normalized spacial score (nSPS) is 13.7. The van der Waals surface area contributed by atoms with E-state index in [1.807, 2.05) is 20.8 Å². The molecule has 120 valence electrons. The Balaban J connectivity index is 3.23. The van der Waals surface area contributed by atoms with Crippen LogP contribution in [0.2, 0.25) is 0 Å². The lowest BCUT2D eigenvalue weighted by atomic mass is 10.1. The van der Waals surface area contributed by atoms with Crippen molar-refractivity contribution in [1.29, 1.82) is 0 Å². The number of hydrogen-bond acceptors (Lipinski definition) is 4. The predicted octanol–water partition coefficient (Wildman–Crippen LogP) is 1.88. The Labute approximate surface area is 127 Å². The van der Waals surface area contributed by atoms with Gasteiger partial charge in [0.1, 0.15) is 0 Å². The van der Waals surface area contributed by atoms with Crippen LogP contribution in [0, 0.1) is 26.7 Å². The minimum absolute atomic E-state index is 0.216. The standard InChI is InChI=1S/C15H26N2O3S/c1-9(2)6-13(8-18)17-21(19,20)15-11(4)7-10(3)14(16)12(15)5/h7,9,13,17-18H,6,8,16H2,1-5H3. The first kappa shape index (κ1) is 17.9. The summed E-state index contributed by atoms with van der Waals surface area (Å²) < 4.78 is 27.8. The van der Waals surface area contributed by atoms with E-state index >= 15 is 0 Å². The highest BCUT2D eigenvalue weighted by Gasteiger charge is 2.25. The molecule has 0 heterocycles. The van der Waals surface area contributed by atoms with Gasteiger partial charge < -0.3 is 10.8 Å². The summed E-state index contributed by atoms with van der Waals surface area (Å²) in [6.07, 6.45) is 0.579. The Morgan fingerprint density at radius 2 is 1.81 bits per heavy atom. The Morgan fingerprint density at radius 1 is 1.24 bits per heavy atom. The largest absolute Gasteiger partial charge is 0.398 e. The second-order valence-electron chi connectivity index (χ2n) is 6.01. The number of hydrogen-bond donors (Lipinski definition) is 3. The average molecular weight is 314 g/mol. The van der Waals surface area contributed by atoms with Gasteiger partial charge in [-0.2, -0.15) is 0 Å². The maximum Gasteiger partial charge on any atom is 0.241 e. The zero-order valence-electron chi connectivity index (χ0n) is 13.4. The fourth-order valence-electron chi connectivity index (χ4n) is 2.60. The van der Waals surface area contributed by atoms with Crippen LogP contribution in [0.25, 0.3) is 0 Å². The molecule has 0 radical (unpaired) electrons. The molecule has 0 saturated heterocycles. The Hall–Kier alpha value is -1.11. The maximum atomic E-state index is 12.6. The maximum absolute atomic E-state index is 12.6. The van der Waals surface area contributed by atoms with E-state index < -0.39 is 16.1 Å². The van der Waals surface area contributed by atoms with E-state index in [2.05, 4.69) is 4.72 Å². The Morgan fingerprint density at radius 3 is 2.29 bits per heavy atom. The minimum Gasteiger partial charge on any atom is -0.398 e. The second kappa shape index (κ2) is 6.77. The highest BCUT2D eigenvalue weighted by molar-refractivity contribution is 7.89. The van der Waals surface area contributed by atoms with E-state index in [1.54, 1.807) is 19.9 Å². The van der Waals surface area contributed by atoms with Crippen molar-refractivity contribution < 1.29 is 13.5 Å². The van der Waals surface area contributed by atoms with Gasteiger partial charge >= 0.3 is 0 Å². The van der Waals surface area contributed by atoms with Crippen molar-refractivity contribution in [3.8, 4) is 0 Å². The number of sulfonamides is 1. The molecule has 6 heteroatoms. The number of nitrogens with two attached hydrogens (primary N) is 1. The van der Waals surface area contributed by atoms with Crippen molar-refractivity contribution in [2.24, 2.45) is 5.92 Å². The summed E-state index contributed by atoms with van der Waals surface area (Å²) in [4.78, 5) is 0.216. The summed E-state index contributed by atoms with van der Waals surface area (Å²) in [5.41, 5.74) is 8.52. The van der Waals surface area contributed by atoms with Crippen molar-refractivity contribution in [3.05, 3.63) is 22.8 Å². The molecule has 0 saturated carbocycles. The number of aryl methyl sites for hydroxylation is 2. The number of anilines is 1. The van der Waals surface area contributed by atoms with Gasteiger partial charge in [-0.15, -0.1) is 0 Å². The summed E-state index contributed by atoms with van der Waals surface area (Å²) in [6, 6.07) is 1.28. The van der Waals surface area contributed by atoms with Crippen LogP contribution in [0.5, 0.6) is 0 Å². The Bertz CT molecular complexity index is 610.